The Bertz CT molecular complexity index is 1060. The number of anilines is 1. The maximum Gasteiger partial charge on any atom is 0.254 e. The first-order valence-corrected chi connectivity index (χ1v) is 11.0. The van der Waals surface area contributed by atoms with Crippen LogP contribution in [0.15, 0.2) is 36.4 Å². The van der Waals surface area contributed by atoms with Crippen LogP contribution < -0.4 is 5.32 Å². The molecule has 0 unspecified atom stereocenters. The van der Waals surface area contributed by atoms with Gasteiger partial charge in [0.05, 0.1) is 17.8 Å². The summed E-state index contributed by atoms with van der Waals surface area (Å²) in [5.74, 6) is 0.0690. The highest BCUT2D eigenvalue weighted by atomic mass is 16.3. The first-order valence-electron chi connectivity index (χ1n) is 11.0. The lowest BCUT2D eigenvalue weighted by Crippen LogP contribution is -2.49. The average Bonchev–Trinajstić information content (AvgIpc) is 3.14. The average molecular weight is 421 g/mol. The molecule has 31 heavy (non-hydrogen) atoms. The topological polar surface area (TPSA) is 71.6 Å². The Kier molecular flexibility index (Phi) is 6.30. The van der Waals surface area contributed by atoms with Crippen molar-refractivity contribution in [3.05, 3.63) is 64.3 Å². The van der Waals surface area contributed by atoms with Gasteiger partial charge in [-0.05, 0) is 55.7 Å². The quantitative estimate of drug-likeness (QED) is 0.571. The molecular formula is C25H32N4O2. The minimum atomic E-state index is 0.0690. The molecule has 0 aliphatic carbocycles. The van der Waals surface area contributed by atoms with Gasteiger partial charge in [-0.3, -0.25) is 9.69 Å². The summed E-state index contributed by atoms with van der Waals surface area (Å²) in [7, 11) is 0. The van der Waals surface area contributed by atoms with E-state index in [1.165, 1.54) is 16.7 Å². The van der Waals surface area contributed by atoms with Crippen LogP contribution in [0, 0.1) is 20.8 Å². The van der Waals surface area contributed by atoms with Gasteiger partial charge in [-0.25, -0.2) is 0 Å². The number of amides is 1. The van der Waals surface area contributed by atoms with Crippen molar-refractivity contribution in [2.24, 2.45) is 0 Å². The highest BCUT2D eigenvalue weighted by molar-refractivity contribution is 6.02. The summed E-state index contributed by atoms with van der Waals surface area (Å²) in [6, 6.07) is 12.4. The number of benzene rings is 2. The van der Waals surface area contributed by atoms with Crippen molar-refractivity contribution in [2.45, 2.75) is 27.3 Å². The third-order valence-corrected chi connectivity index (χ3v) is 6.29. The van der Waals surface area contributed by atoms with Crippen molar-refractivity contribution in [3.8, 4) is 0 Å². The summed E-state index contributed by atoms with van der Waals surface area (Å²) in [6.07, 6.45) is 0. The molecule has 2 heterocycles. The fourth-order valence-electron chi connectivity index (χ4n) is 4.46. The number of hydrogen-bond donors (Lipinski definition) is 3. The molecule has 6 nitrogen and oxygen atoms in total. The van der Waals surface area contributed by atoms with E-state index in [0.29, 0.717) is 31.7 Å². The van der Waals surface area contributed by atoms with Crippen molar-refractivity contribution in [2.75, 3.05) is 44.6 Å². The first-order chi connectivity index (χ1) is 15.0. The van der Waals surface area contributed by atoms with E-state index in [4.69, 9.17) is 5.11 Å². The lowest BCUT2D eigenvalue weighted by Gasteiger charge is -2.34. The van der Waals surface area contributed by atoms with Crippen LogP contribution in [-0.4, -0.2) is 65.1 Å². The number of nitrogens with one attached hydrogen (secondary N) is 2. The van der Waals surface area contributed by atoms with Gasteiger partial charge >= 0.3 is 0 Å². The smallest absolute Gasteiger partial charge is 0.254 e. The molecule has 1 aliphatic rings. The molecular weight excluding hydrogens is 388 g/mol. The van der Waals surface area contributed by atoms with Crippen LogP contribution in [0.5, 0.6) is 0 Å². The van der Waals surface area contributed by atoms with E-state index in [1.807, 2.05) is 24.0 Å². The maximum absolute atomic E-state index is 13.3. The summed E-state index contributed by atoms with van der Waals surface area (Å²) >= 11 is 0. The Morgan fingerprint density at radius 3 is 2.45 bits per heavy atom. The van der Waals surface area contributed by atoms with Crippen molar-refractivity contribution in [1.82, 2.24) is 14.8 Å². The zero-order valence-corrected chi connectivity index (χ0v) is 18.7. The fraction of sp³-hybridized carbons (Fsp3) is 0.400. The Morgan fingerprint density at radius 2 is 1.77 bits per heavy atom. The number of β-amino-alcohol motifs (C(OH)–C–C–N with tert-alkyl or cyclic N) is 1. The first kappa shape index (κ1) is 21.4. The molecule has 1 aromatic heterocycles. The van der Waals surface area contributed by atoms with Gasteiger partial charge in [0, 0.05) is 55.9 Å². The largest absolute Gasteiger partial charge is 0.395 e. The number of fused-ring (bicyclic) bond motifs is 1. The highest BCUT2D eigenvalue weighted by Crippen LogP contribution is 2.28. The number of carbonyl (C=O) groups excluding carboxylic acids is 1. The molecule has 4 rings (SSSR count). The van der Waals surface area contributed by atoms with Crippen LogP contribution in [0.3, 0.4) is 0 Å². The second-order valence-electron chi connectivity index (χ2n) is 8.52. The summed E-state index contributed by atoms with van der Waals surface area (Å²) in [5.41, 5.74) is 7.59. The van der Waals surface area contributed by atoms with Gasteiger partial charge in [0.15, 0.2) is 0 Å². The Labute approximate surface area is 183 Å². The number of H-pyrrole nitrogens is 1. The number of aryl methyl sites for hydroxylation is 3. The van der Waals surface area contributed by atoms with Crippen LogP contribution in [-0.2, 0) is 6.54 Å². The fourth-order valence-corrected chi connectivity index (χ4v) is 4.46. The number of piperazine rings is 1. The van der Waals surface area contributed by atoms with Crippen LogP contribution >= 0.6 is 0 Å². The zero-order valence-electron chi connectivity index (χ0n) is 18.7. The summed E-state index contributed by atoms with van der Waals surface area (Å²) in [5, 5.41) is 13.8. The molecule has 0 atom stereocenters. The van der Waals surface area contributed by atoms with Crippen molar-refractivity contribution < 1.29 is 9.90 Å². The number of aromatic amines is 1. The summed E-state index contributed by atoms with van der Waals surface area (Å²) in [6.45, 7) is 10.8. The Hall–Kier alpha value is -2.83. The number of rotatable bonds is 6. The van der Waals surface area contributed by atoms with E-state index in [9.17, 15) is 4.79 Å². The van der Waals surface area contributed by atoms with Gasteiger partial charge < -0.3 is 20.3 Å². The monoisotopic (exact) mass is 420 g/mol. The molecule has 3 N–H and O–H groups in total. The van der Waals surface area contributed by atoms with E-state index >= 15 is 0 Å². The predicted molar refractivity (Wildman–Crippen MR) is 126 cm³/mol. The van der Waals surface area contributed by atoms with Gasteiger partial charge in [0.1, 0.15) is 0 Å². The maximum atomic E-state index is 13.3. The van der Waals surface area contributed by atoms with E-state index in [1.54, 1.807) is 0 Å². The molecule has 3 aromatic rings. The van der Waals surface area contributed by atoms with Crippen LogP contribution in [0.4, 0.5) is 5.69 Å². The second kappa shape index (κ2) is 9.12. The van der Waals surface area contributed by atoms with Crippen LogP contribution in [0.2, 0.25) is 0 Å². The number of nitrogens with zero attached hydrogens (tertiary/aromatic N) is 2. The Balaban J connectivity index is 1.58. The van der Waals surface area contributed by atoms with E-state index in [2.05, 4.69) is 53.3 Å². The number of hydrogen-bond acceptors (Lipinski definition) is 4. The van der Waals surface area contributed by atoms with Crippen LogP contribution in [0.1, 0.15) is 32.7 Å². The SMILES string of the molecule is Cc1cc2cc(C(=O)N3CCN(CCO)CC3)cc(NCc3c(C)cccc3C)c2[nH]1. The third kappa shape index (κ3) is 4.60. The van der Waals surface area contributed by atoms with Crippen molar-refractivity contribution in [3.63, 3.8) is 0 Å². The molecule has 0 saturated carbocycles. The van der Waals surface area contributed by atoms with Crippen molar-refractivity contribution >= 4 is 22.5 Å². The third-order valence-electron chi connectivity index (χ3n) is 6.29. The number of aromatic nitrogens is 1. The van der Waals surface area contributed by atoms with E-state index in [-0.39, 0.29) is 12.5 Å². The summed E-state index contributed by atoms with van der Waals surface area (Å²) in [4.78, 5) is 20.8. The molecule has 1 aliphatic heterocycles. The standard InChI is InChI=1S/C25H32N4O2/c1-17-5-4-6-18(2)22(17)16-26-23-15-21(14-20-13-19(3)27-24(20)23)25(31)29-9-7-28(8-10-29)11-12-30/h4-6,13-15,26-27,30H,7-12,16H2,1-3H3. The predicted octanol–water partition coefficient (Wildman–Crippen LogP) is 3.46. The molecule has 0 radical (unpaired) electrons. The number of aliphatic hydroxyl groups excluding tert-OH is 1. The Morgan fingerprint density at radius 1 is 1.06 bits per heavy atom. The molecule has 164 valence electrons. The second-order valence-corrected chi connectivity index (χ2v) is 8.52. The minimum Gasteiger partial charge on any atom is -0.395 e. The summed E-state index contributed by atoms with van der Waals surface area (Å²) < 4.78 is 0. The lowest BCUT2D eigenvalue weighted by atomic mass is 10.0. The molecule has 6 heteroatoms. The highest BCUT2D eigenvalue weighted by Gasteiger charge is 2.23. The molecule has 1 fully saturated rings. The molecule has 1 amide bonds. The van der Waals surface area contributed by atoms with Crippen molar-refractivity contribution in [1.29, 1.82) is 0 Å². The number of carbonyl (C=O) groups is 1. The van der Waals surface area contributed by atoms with Gasteiger partial charge in [0.2, 0.25) is 0 Å². The van der Waals surface area contributed by atoms with Gasteiger partial charge in [-0.15, -0.1) is 0 Å². The number of aliphatic hydroxyl groups is 1. The van der Waals surface area contributed by atoms with Gasteiger partial charge in [-0.1, -0.05) is 18.2 Å². The molecule has 0 bridgehead atoms. The lowest BCUT2D eigenvalue weighted by molar-refractivity contribution is 0.0615. The van der Waals surface area contributed by atoms with Gasteiger partial charge in [-0.2, -0.15) is 0 Å². The van der Waals surface area contributed by atoms with E-state index < -0.39 is 0 Å². The van der Waals surface area contributed by atoms with Crippen LogP contribution in [0.25, 0.3) is 10.9 Å². The van der Waals surface area contributed by atoms with E-state index in [0.717, 1.165) is 35.4 Å². The normalized spacial score (nSPS) is 14.9. The zero-order chi connectivity index (χ0) is 22.0. The van der Waals surface area contributed by atoms with Gasteiger partial charge in [0.25, 0.3) is 5.91 Å². The molecule has 1 saturated heterocycles. The molecule has 0 spiro atoms. The molecule has 2 aromatic carbocycles. The minimum absolute atomic E-state index is 0.0690.